The number of fused-ring (bicyclic) bond motifs is 3. The van der Waals surface area contributed by atoms with Gasteiger partial charge in [0.1, 0.15) is 19.0 Å². The number of rotatable bonds is 1. The summed E-state index contributed by atoms with van der Waals surface area (Å²) in [5.41, 5.74) is 5.12. The topological polar surface area (TPSA) is 26.0 Å². The number of furan rings is 1. The average Bonchev–Trinajstić information content (AvgIpc) is 2.86. The number of pyridine rings is 1. The highest BCUT2D eigenvalue weighted by Crippen LogP contribution is 2.31. The van der Waals surface area contributed by atoms with E-state index in [1.54, 1.807) is 0 Å². The van der Waals surface area contributed by atoms with Crippen molar-refractivity contribution in [1.82, 2.24) is 4.98 Å². The second-order valence-corrected chi connectivity index (χ2v) is 5.03. The summed E-state index contributed by atoms with van der Waals surface area (Å²) in [6, 6.07) is 18.5. The Hall–Kier alpha value is -2.55. The largest absolute Gasteiger partial charge is 0.456 e. The van der Waals surface area contributed by atoms with Gasteiger partial charge >= 0.3 is 0 Å². The Morgan fingerprint density at radius 1 is 0.850 bits per heavy atom. The van der Waals surface area contributed by atoms with Crippen LogP contribution in [0.15, 0.2) is 65.2 Å². The molecule has 20 heavy (non-hydrogen) atoms. The Labute approximate surface area is 117 Å². The minimum atomic E-state index is 0.919. The quantitative estimate of drug-likeness (QED) is 0.490. The van der Waals surface area contributed by atoms with Crippen LogP contribution in [0.25, 0.3) is 33.2 Å². The third-order valence-electron chi connectivity index (χ3n) is 3.58. The molecule has 0 amide bonds. The SMILES string of the molecule is Bc1ccc(-c2ccc3oc4ccccc4c3c2)nc1. The fourth-order valence-corrected chi connectivity index (χ4v) is 2.52. The zero-order valence-corrected chi connectivity index (χ0v) is 11.1. The summed E-state index contributed by atoms with van der Waals surface area (Å²) in [6.45, 7) is 0. The Bertz CT molecular complexity index is 909. The van der Waals surface area contributed by atoms with E-state index in [1.165, 1.54) is 5.46 Å². The monoisotopic (exact) mass is 257 g/mol. The molecule has 0 atom stereocenters. The molecule has 2 heterocycles. The van der Waals surface area contributed by atoms with E-state index in [0.29, 0.717) is 0 Å². The van der Waals surface area contributed by atoms with Gasteiger partial charge in [-0.1, -0.05) is 29.7 Å². The molecule has 0 aliphatic rings. The van der Waals surface area contributed by atoms with Crippen molar-refractivity contribution in [2.45, 2.75) is 0 Å². The highest BCUT2D eigenvalue weighted by molar-refractivity contribution is 6.32. The predicted octanol–water partition coefficient (Wildman–Crippen LogP) is 2.91. The predicted molar refractivity (Wildman–Crippen MR) is 85.1 cm³/mol. The first-order valence-corrected chi connectivity index (χ1v) is 6.65. The van der Waals surface area contributed by atoms with Crippen LogP contribution in [0.1, 0.15) is 0 Å². The molecule has 2 aromatic carbocycles. The van der Waals surface area contributed by atoms with Crippen LogP contribution in [0.3, 0.4) is 0 Å². The molecule has 0 aliphatic heterocycles. The summed E-state index contributed by atoms with van der Waals surface area (Å²) >= 11 is 0. The summed E-state index contributed by atoms with van der Waals surface area (Å²) in [6.07, 6.45) is 1.90. The third-order valence-corrected chi connectivity index (χ3v) is 3.58. The second kappa shape index (κ2) is 4.24. The maximum absolute atomic E-state index is 5.84. The molecule has 2 aromatic heterocycles. The van der Waals surface area contributed by atoms with Crippen molar-refractivity contribution < 1.29 is 4.42 Å². The van der Waals surface area contributed by atoms with Crippen LogP contribution < -0.4 is 5.46 Å². The van der Waals surface area contributed by atoms with E-state index < -0.39 is 0 Å². The molecule has 0 bridgehead atoms. The molecular weight excluding hydrogens is 245 g/mol. The van der Waals surface area contributed by atoms with Crippen LogP contribution >= 0.6 is 0 Å². The molecule has 0 unspecified atom stereocenters. The van der Waals surface area contributed by atoms with Crippen LogP contribution in [-0.2, 0) is 0 Å². The number of hydrogen-bond donors (Lipinski definition) is 0. The second-order valence-electron chi connectivity index (χ2n) is 5.03. The molecule has 0 N–H and O–H groups in total. The van der Waals surface area contributed by atoms with Crippen LogP contribution in [-0.4, -0.2) is 12.8 Å². The maximum Gasteiger partial charge on any atom is 0.141 e. The molecule has 0 radical (unpaired) electrons. The van der Waals surface area contributed by atoms with Crippen molar-refractivity contribution >= 4 is 35.2 Å². The first-order valence-electron chi connectivity index (χ1n) is 6.65. The Morgan fingerprint density at radius 3 is 2.55 bits per heavy atom. The van der Waals surface area contributed by atoms with E-state index in [4.69, 9.17) is 4.42 Å². The first-order chi connectivity index (χ1) is 9.81. The van der Waals surface area contributed by atoms with Crippen molar-refractivity contribution in [3.05, 3.63) is 60.8 Å². The summed E-state index contributed by atoms with van der Waals surface area (Å²) in [5.74, 6) is 0. The average molecular weight is 257 g/mol. The van der Waals surface area contributed by atoms with E-state index in [-0.39, 0.29) is 0 Å². The molecule has 0 saturated heterocycles. The van der Waals surface area contributed by atoms with Gasteiger partial charge in [-0.05, 0) is 30.3 Å². The zero-order chi connectivity index (χ0) is 13.5. The van der Waals surface area contributed by atoms with Crippen LogP contribution in [0.5, 0.6) is 0 Å². The van der Waals surface area contributed by atoms with E-state index >= 15 is 0 Å². The molecule has 0 aliphatic carbocycles. The highest BCUT2D eigenvalue weighted by Gasteiger charge is 2.08. The molecular formula is C17H12BNO. The number of para-hydroxylation sites is 1. The number of aromatic nitrogens is 1. The number of nitrogens with zero attached hydrogens (tertiary/aromatic N) is 1. The smallest absolute Gasteiger partial charge is 0.141 e. The lowest BCUT2D eigenvalue weighted by Crippen LogP contribution is -2.01. The number of hydrogen-bond acceptors (Lipinski definition) is 2. The third kappa shape index (κ3) is 1.71. The molecule has 4 rings (SSSR count). The van der Waals surface area contributed by atoms with Crippen LogP contribution in [0, 0.1) is 0 Å². The van der Waals surface area contributed by atoms with Crippen LogP contribution in [0.4, 0.5) is 0 Å². The van der Waals surface area contributed by atoms with Gasteiger partial charge in [-0.15, -0.1) is 0 Å². The fourth-order valence-electron chi connectivity index (χ4n) is 2.52. The van der Waals surface area contributed by atoms with Gasteiger partial charge in [0.05, 0.1) is 5.69 Å². The minimum Gasteiger partial charge on any atom is -0.456 e. The minimum absolute atomic E-state index is 0.919. The summed E-state index contributed by atoms with van der Waals surface area (Å²) in [4.78, 5) is 4.49. The van der Waals surface area contributed by atoms with Gasteiger partial charge in [0.25, 0.3) is 0 Å². The van der Waals surface area contributed by atoms with Crippen molar-refractivity contribution in [2.24, 2.45) is 0 Å². The van der Waals surface area contributed by atoms with Gasteiger partial charge in [0.2, 0.25) is 0 Å². The molecule has 0 saturated carbocycles. The van der Waals surface area contributed by atoms with Gasteiger partial charge in [0.15, 0.2) is 0 Å². The van der Waals surface area contributed by atoms with Gasteiger partial charge in [0, 0.05) is 22.5 Å². The summed E-state index contributed by atoms with van der Waals surface area (Å²) < 4.78 is 5.84. The van der Waals surface area contributed by atoms with Crippen molar-refractivity contribution in [2.75, 3.05) is 0 Å². The van der Waals surface area contributed by atoms with Crippen molar-refractivity contribution in [3.63, 3.8) is 0 Å². The molecule has 94 valence electrons. The lowest BCUT2D eigenvalue weighted by Gasteiger charge is -2.01. The van der Waals surface area contributed by atoms with E-state index in [0.717, 1.165) is 33.2 Å². The van der Waals surface area contributed by atoms with Gasteiger partial charge in [-0.3, -0.25) is 4.98 Å². The zero-order valence-electron chi connectivity index (χ0n) is 11.1. The standard InChI is InChI=1S/C17H12BNO/c18-12-6-7-15(19-10-12)11-5-8-17-14(9-11)13-3-1-2-4-16(13)20-17/h1-10H,18H2. The number of benzene rings is 2. The molecule has 4 aromatic rings. The van der Waals surface area contributed by atoms with E-state index in [2.05, 4.69) is 35.3 Å². The van der Waals surface area contributed by atoms with Gasteiger partial charge in [-0.25, -0.2) is 0 Å². The summed E-state index contributed by atoms with van der Waals surface area (Å²) in [5, 5.41) is 2.29. The van der Waals surface area contributed by atoms with Crippen molar-refractivity contribution in [1.29, 1.82) is 0 Å². The maximum atomic E-state index is 5.84. The van der Waals surface area contributed by atoms with Gasteiger partial charge < -0.3 is 4.42 Å². The molecule has 0 fully saturated rings. The molecule has 2 nitrogen and oxygen atoms in total. The van der Waals surface area contributed by atoms with Gasteiger partial charge in [-0.2, -0.15) is 0 Å². The van der Waals surface area contributed by atoms with E-state index in [1.807, 2.05) is 38.3 Å². The lowest BCUT2D eigenvalue weighted by molar-refractivity contribution is 0.669. The van der Waals surface area contributed by atoms with Crippen LogP contribution in [0.2, 0.25) is 0 Å². The lowest BCUT2D eigenvalue weighted by atomic mass is 9.98. The van der Waals surface area contributed by atoms with Crippen molar-refractivity contribution in [3.8, 4) is 11.3 Å². The summed E-state index contributed by atoms with van der Waals surface area (Å²) in [7, 11) is 2.05. The first kappa shape index (κ1) is 11.3. The Morgan fingerprint density at radius 2 is 1.70 bits per heavy atom. The highest BCUT2D eigenvalue weighted by atomic mass is 16.3. The Balaban J connectivity index is 1.97. The molecule has 0 spiro atoms. The van der Waals surface area contributed by atoms with E-state index in [9.17, 15) is 0 Å². The Kier molecular flexibility index (Phi) is 2.39. The molecule has 3 heteroatoms. The normalized spacial score (nSPS) is 11.2. The fraction of sp³-hybridized carbons (Fsp3) is 0.